The van der Waals surface area contributed by atoms with Gasteiger partial charge in [-0.1, -0.05) is 108 Å². The molecule has 4 aliphatic rings. The third-order valence-corrected chi connectivity index (χ3v) is 13.3. The molecule has 2 heteroatoms. The highest BCUT2D eigenvalue weighted by atomic mass is 32.2. The minimum Gasteiger partial charge on any atom is -0.282 e. The van der Waals surface area contributed by atoms with Gasteiger partial charge in [0.05, 0.1) is 0 Å². The molecular formula is C37H54OS. The normalized spacial score (nSPS) is 37.1. The molecule has 5 rings (SSSR count). The SMILES string of the molecule is C/C(=C\c1ccccc1)C(=O)S[C@H]1CC[C@@]2(C)C(=CC[C@H]3[C@H]4CC[C@@H]([C@@H](C)CCCC(C)C)[C@@]4(C)CC[C@@H]32)C1. The van der Waals surface area contributed by atoms with E-state index in [0.717, 1.165) is 53.1 Å². The molecule has 0 heterocycles. The Morgan fingerprint density at radius 2 is 1.77 bits per heavy atom. The van der Waals surface area contributed by atoms with Gasteiger partial charge in [0.1, 0.15) is 0 Å². The molecule has 4 aliphatic carbocycles. The van der Waals surface area contributed by atoms with Gasteiger partial charge in [-0.2, -0.15) is 0 Å². The Bertz CT molecular complexity index is 1070. The summed E-state index contributed by atoms with van der Waals surface area (Å²) in [7, 11) is 0. The molecule has 0 spiro atoms. The molecule has 0 aromatic heterocycles. The van der Waals surface area contributed by atoms with E-state index in [1.807, 2.05) is 31.2 Å². The number of rotatable bonds is 8. The molecule has 3 saturated carbocycles. The first kappa shape index (κ1) is 29.2. The second-order valence-corrected chi connectivity index (χ2v) is 16.1. The summed E-state index contributed by atoms with van der Waals surface area (Å²) in [4.78, 5) is 13.1. The highest BCUT2D eigenvalue weighted by Gasteiger charge is 2.59. The maximum atomic E-state index is 13.1. The van der Waals surface area contributed by atoms with Crippen molar-refractivity contribution in [2.45, 2.75) is 117 Å². The van der Waals surface area contributed by atoms with E-state index in [2.05, 4.69) is 52.8 Å². The van der Waals surface area contributed by atoms with Crippen LogP contribution in [0.3, 0.4) is 0 Å². The maximum Gasteiger partial charge on any atom is 0.215 e. The molecule has 1 aromatic rings. The molecule has 0 aliphatic heterocycles. The van der Waals surface area contributed by atoms with Crippen LogP contribution < -0.4 is 0 Å². The molecule has 39 heavy (non-hydrogen) atoms. The zero-order chi connectivity index (χ0) is 27.8. The quantitative estimate of drug-likeness (QED) is 0.238. The molecule has 0 amide bonds. The average Bonchev–Trinajstić information content (AvgIpc) is 3.26. The van der Waals surface area contributed by atoms with Gasteiger partial charge in [-0.15, -0.1) is 0 Å². The average molecular weight is 547 g/mol. The number of hydrogen-bond donors (Lipinski definition) is 0. The smallest absolute Gasteiger partial charge is 0.215 e. The lowest BCUT2D eigenvalue weighted by molar-refractivity contribution is -0.107. The van der Waals surface area contributed by atoms with E-state index in [1.54, 1.807) is 17.3 Å². The third kappa shape index (κ3) is 5.89. The van der Waals surface area contributed by atoms with Gasteiger partial charge in [0.25, 0.3) is 0 Å². The lowest BCUT2D eigenvalue weighted by Crippen LogP contribution is -2.50. The van der Waals surface area contributed by atoms with Gasteiger partial charge in [-0.05, 0) is 116 Å². The molecule has 1 aromatic carbocycles. The van der Waals surface area contributed by atoms with Gasteiger partial charge in [-0.3, -0.25) is 4.79 Å². The number of carbonyl (C=O) groups excluding carboxylic acids is 1. The van der Waals surface area contributed by atoms with Crippen LogP contribution in [0.1, 0.15) is 118 Å². The first-order chi connectivity index (χ1) is 18.6. The summed E-state index contributed by atoms with van der Waals surface area (Å²) in [6, 6.07) is 10.3. The first-order valence-corrected chi connectivity index (χ1v) is 17.1. The second-order valence-electron chi connectivity index (χ2n) is 14.8. The van der Waals surface area contributed by atoms with Gasteiger partial charge in [0.2, 0.25) is 5.12 Å². The van der Waals surface area contributed by atoms with Crippen LogP contribution in [-0.2, 0) is 4.79 Å². The first-order valence-electron chi connectivity index (χ1n) is 16.3. The van der Waals surface area contributed by atoms with Crippen molar-refractivity contribution in [1.29, 1.82) is 0 Å². The van der Waals surface area contributed by atoms with Gasteiger partial charge < -0.3 is 0 Å². The molecule has 1 nitrogen and oxygen atoms in total. The van der Waals surface area contributed by atoms with Crippen LogP contribution in [-0.4, -0.2) is 10.4 Å². The molecule has 0 radical (unpaired) electrons. The highest BCUT2D eigenvalue weighted by Crippen LogP contribution is 2.67. The lowest BCUT2D eigenvalue weighted by Gasteiger charge is -2.58. The predicted molar refractivity (Wildman–Crippen MR) is 170 cm³/mol. The number of benzene rings is 1. The Balaban J connectivity index is 1.23. The minimum absolute atomic E-state index is 0.259. The van der Waals surface area contributed by atoms with E-state index < -0.39 is 0 Å². The summed E-state index contributed by atoms with van der Waals surface area (Å²) in [6.45, 7) is 14.6. The summed E-state index contributed by atoms with van der Waals surface area (Å²) >= 11 is 1.61. The van der Waals surface area contributed by atoms with E-state index in [0.29, 0.717) is 16.1 Å². The zero-order valence-corrected chi connectivity index (χ0v) is 26.5. The molecular weight excluding hydrogens is 492 g/mol. The molecule has 3 fully saturated rings. The highest BCUT2D eigenvalue weighted by molar-refractivity contribution is 8.14. The Morgan fingerprint density at radius 1 is 1.00 bits per heavy atom. The Kier molecular flexibility index (Phi) is 8.92. The van der Waals surface area contributed by atoms with Gasteiger partial charge in [0, 0.05) is 10.8 Å². The Morgan fingerprint density at radius 3 is 2.51 bits per heavy atom. The minimum atomic E-state index is 0.259. The van der Waals surface area contributed by atoms with Crippen LogP contribution in [0.2, 0.25) is 0 Å². The van der Waals surface area contributed by atoms with Crippen LogP contribution in [0, 0.1) is 46.3 Å². The Labute approximate surface area is 244 Å². The molecule has 0 saturated heterocycles. The molecule has 8 atom stereocenters. The van der Waals surface area contributed by atoms with Crippen LogP contribution in [0.5, 0.6) is 0 Å². The molecule has 0 N–H and O–H groups in total. The maximum absolute atomic E-state index is 13.1. The van der Waals surface area contributed by atoms with E-state index in [4.69, 9.17) is 0 Å². The number of allylic oxidation sites excluding steroid dienone is 2. The van der Waals surface area contributed by atoms with Crippen molar-refractivity contribution in [2.75, 3.05) is 0 Å². The predicted octanol–water partition coefficient (Wildman–Crippen LogP) is 10.8. The van der Waals surface area contributed by atoms with Crippen molar-refractivity contribution in [1.82, 2.24) is 0 Å². The monoisotopic (exact) mass is 546 g/mol. The van der Waals surface area contributed by atoms with Crippen molar-refractivity contribution in [3.05, 3.63) is 53.1 Å². The molecule has 0 unspecified atom stereocenters. The van der Waals surface area contributed by atoms with Crippen molar-refractivity contribution in [3.63, 3.8) is 0 Å². The van der Waals surface area contributed by atoms with Gasteiger partial charge in [0.15, 0.2) is 0 Å². The fourth-order valence-corrected chi connectivity index (χ4v) is 10.9. The van der Waals surface area contributed by atoms with Crippen LogP contribution in [0.15, 0.2) is 47.6 Å². The Hall–Kier alpha value is -1.28. The van der Waals surface area contributed by atoms with E-state index in [-0.39, 0.29) is 5.12 Å². The zero-order valence-electron chi connectivity index (χ0n) is 25.7. The number of fused-ring (bicyclic) bond motifs is 5. The van der Waals surface area contributed by atoms with Crippen LogP contribution >= 0.6 is 11.8 Å². The van der Waals surface area contributed by atoms with E-state index in [1.165, 1.54) is 64.2 Å². The lowest BCUT2D eigenvalue weighted by atomic mass is 9.47. The third-order valence-electron chi connectivity index (χ3n) is 12.0. The standard InChI is InChI=1S/C37H54OS/c1-25(2)11-10-12-26(3)32-17-18-33-31-16-15-29-24-30(19-21-36(29,5)34(31)20-22-37(32,33)6)39-35(38)27(4)23-28-13-8-7-9-14-28/h7-9,13-15,23,25-26,30-34H,10-12,16-22,24H2,1-6H3/b27-23+/t26-,30-,31-,32-,33+,34-,36-,37+/m0/s1. The van der Waals surface area contributed by atoms with Crippen LogP contribution in [0.25, 0.3) is 6.08 Å². The topological polar surface area (TPSA) is 17.1 Å². The summed E-state index contributed by atoms with van der Waals surface area (Å²) in [5.41, 5.74) is 4.61. The van der Waals surface area contributed by atoms with E-state index in [9.17, 15) is 4.79 Å². The van der Waals surface area contributed by atoms with Crippen molar-refractivity contribution in [3.8, 4) is 0 Å². The summed E-state index contributed by atoms with van der Waals surface area (Å²) in [5, 5.41) is 0.693. The van der Waals surface area contributed by atoms with Gasteiger partial charge >= 0.3 is 0 Å². The summed E-state index contributed by atoms with van der Waals surface area (Å²) in [6.07, 6.45) is 19.6. The van der Waals surface area contributed by atoms with Crippen molar-refractivity contribution < 1.29 is 4.79 Å². The number of carbonyl (C=O) groups is 1. The van der Waals surface area contributed by atoms with E-state index >= 15 is 0 Å². The fraction of sp³-hybridized carbons (Fsp3) is 0.703. The van der Waals surface area contributed by atoms with Gasteiger partial charge in [-0.25, -0.2) is 0 Å². The number of hydrogen-bond acceptors (Lipinski definition) is 2. The largest absolute Gasteiger partial charge is 0.282 e. The number of thioether (sulfide) groups is 1. The summed E-state index contributed by atoms with van der Waals surface area (Å²) in [5.74, 6) is 5.30. The fourth-order valence-electron chi connectivity index (χ4n) is 9.86. The second kappa shape index (κ2) is 11.9. The molecule has 0 bridgehead atoms. The van der Waals surface area contributed by atoms with Crippen molar-refractivity contribution in [2.24, 2.45) is 46.3 Å². The summed E-state index contributed by atoms with van der Waals surface area (Å²) < 4.78 is 0. The van der Waals surface area contributed by atoms with Crippen LogP contribution in [0.4, 0.5) is 0 Å². The van der Waals surface area contributed by atoms with Crippen molar-refractivity contribution >= 4 is 23.0 Å². The molecule has 214 valence electrons.